The van der Waals surface area contributed by atoms with Crippen LogP contribution >= 0.6 is 0 Å². The molecule has 6 nitrogen and oxygen atoms in total. The Morgan fingerprint density at radius 1 is 1.10 bits per heavy atom. The van der Waals surface area contributed by atoms with Crippen LogP contribution in [0, 0.1) is 5.92 Å². The molecule has 0 saturated carbocycles. The number of carboxylic acids is 1. The van der Waals surface area contributed by atoms with Gasteiger partial charge in [0.05, 0.1) is 12.1 Å². The molecule has 21 heavy (non-hydrogen) atoms. The molecule has 0 aliphatic heterocycles. The summed E-state index contributed by atoms with van der Waals surface area (Å²) in [6.45, 7) is 3.96. The zero-order chi connectivity index (χ0) is 15.8. The zero-order valence-corrected chi connectivity index (χ0v) is 12.2. The normalized spacial score (nSPS) is 10.2. The van der Waals surface area contributed by atoms with Crippen molar-refractivity contribution in [2.75, 3.05) is 11.9 Å². The molecule has 6 heteroatoms. The number of carboxylic acid groups (broad SMARTS) is 1. The minimum atomic E-state index is -1.02. The summed E-state index contributed by atoms with van der Waals surface area (Å²) < 4.78 is 0. The highest BCUT2D eigenvalue weighted by Crippen LogP contribution is 2.09. The van der Waals surface area contributed by atoms with Crippen LogP contribution < -0.4 is 10.6 Å². The molecule has 2 amide bonds. The number of anilines is 1. The second-order valence-electron chi connectivity index (χ2n) is 5.14. The monoisotopic (exact) mass is 292 g/mol. The molecule has 1 aromatic rings. The van der Waals surface area contributed by atoms with Gasteiger partial charge < -0.3 is 15.7 Å². The molecule has 0 aliphatic rings. The van der Waals surface area contributed by atoms with Crippen molar-refractivity contribution >= 4 is 23.5 Å². The van der Waals surface area contributed by atoms with Gasteiger partial charge in [0.1, 0.15) is 0 Å². The summed E-state index contributed by atoms with van der Waals surface area (Å²) in [5.74, 6) is -1.08. The topological polar surface area (TPSA) is 95.5 Å². The Balaban J connectivity index is 2.36. The maximum absolute atomic E-state index is 11.6. The Labute approximate surface area is 123 Å². The number of carbonyl (C=O) groups is 3. The molecular formula is C15H20N2O4. The third-order valence-electron chi connectivity index (χ3n) is 2.81. The summed E-state index contributed by atoms with van der Waals surface area (Å²) in [4.78, 5) is 33.8. The van der Waals surface area contributed by atoms with Crippen LogP contribution in [-0.2, 0) is 9.59 Å². The Morgan fingerprint density at radius 2 is 1.71 bits per heavy atom. The van der Waals surface area contributed by atoms with Crippen LogP contribution in [0.25, 0.3) is 0 Å². The van der Waals surface area contributed by atoms with E-state index in [2.05, 4.69) is 10.6 Å². The van der Waals surface area contributed by atoms with Crippen molar-refractivity contribution in [2.45, 2.75) is 26.7 Å². The molecule has 0 saturated heterocycles. The lowest BCUT2D eigenvalue weighted by Gasteiger charge is -2.08. The minimum Gasteiger partial charge on any atom is -0.478 e. The average Bonchev–Trinajstić information content (AvgIpc) is 2.43. The highest BCUT2D eigenvalue weighted by atomic mass is 16.4. The molecular weight excluding hydrogens is 272 g/mol. The van der Waals surface area contributed by atoms with Crippen LogP contribution in [0.1, 0.15) is 37.0 Å². The van der Waals surface area contributed by atoms with E-state index in [-0.39, 0.29) is 23.9 Å². The lowest BCUT2D eigenvalue weighted by Crippen LogP contribution is -2.32. The third kappa shape index (κ3) is 6.56. The Hall–Kier alpha value is -2.37. The Morgan fingerprint density at radius 3 is 2.24 bits per heavy atom. The molecule has 0 bridgehead atoms. The van der Waals surface area contributed by atoms with E-state index < -0.39 is 5.97 Å². The Kier molecular flexibility index (Phi) is 6.39. The average molecular weight is 292 g/mol. The van der Waals surface area contributed by atoms with Crippen LogP contribution in [0.4, 0.5) is 5.69 Å². The van der Waals surface area contributed by atoms with E-state index in [4.69, 9.17) is 5.11 Å². The van der Waals surface area contributed by atoms with Gasteiger partial charge in [0.2, 0.25) is 11.8 Å². The Bertz CT molecular complexity index is 509. The summed E-state index contributed by atoms with van der Waals surface area (Å²) in [7, 11) is 0. The number of hydrogen-bond donors (Lipinski definition) is 3. The predicted molar refractivity (Wildman–Crippen MR) is 79.1 cm³/mol. The van der Waals surface area contributed by atoms with Gasteiger partial charge in [0.25, 0.3) is 0 Å². The van der Waals surface area contributed by atoms with Crippen molar-refractivity contribution in [3.63, 3.8) is 0 Å². The third-order valence-corrected chi connectivity index (χ3v) is 2.81. The summed E-state index contributed by atoms with van der Waals surface area (Å²) >= 11 is 0. The smallest absolute Gasteiger partial charge is 0.335 e. The number of hydrogen-bond acceptors (Lipinski definition) is 3. The highest BCUT2D eigenvalue weighted by Gasteiger charge is 2.07. The van der Waals surface area contributed by atoms with E-state index in [1.54, 1.807) is 0 Å². The molecule has 114 valence electrons. The number of aromatic carboxylic acids is 1. The molecule has 0 spiro atoms. The molecule has 0 aliphatic carbocycles. The number of rotatable bonds is 7. The lowest BCUT2D eigenvalue weighted by atomic mass is 10.1. The number of nitrogens with one attached hydrogen (secondary N) is 2. The first kappa shape index (κ1) is 16.7. The van der Waals surface area contributed by atoms with Crippen LogP contribution in [0.2, 0.25) is 0 Å². The summed E-state index contributed by atoms with van der Waals surface area (Å²) in [6, 6.07) is 5.81. The fourth-order valence-corrected chi connectivity index (χ4v) is 1.59. The molecule has 0 aromatic heterocycles. The van der Waals surface area contributed by atoms with E-state index in [9.17, 15) is 14.4 Å². The second kappa shape index (κ2) is 8.04. The first-order valence-electron chi connectivity index (χ1n) is 6.78. The van der Waals surface area contributed by atoms with Crippen molar-refractivity contribution in [1.29, 1.82) is 0 Å². The van der Waals surface area contributed by atoms with Gasteiger partial charge in [-0.05, 0) is 36.6 Å². The van der Waals surface area contributed by atoms with Crippen molar-refractivity contribution < 1.29 is 19.5 Å². The van der Waals surface area contributed by atoms with E-state index >= 15 is 0 Å². The molecule has 0 unspecified atom stereocenters. The fraction of sp³-hybridized carbons (Fsp3) is 0.400. The van der Waals surface area contributed by atoms with Crippen LogP contribution in [0.3, 0.4) is 0 Å². The zero-order valence-electron chi connectivity index (χ0n) is 12.2. The molecule has 1 aromatic carbocycles. The van der Waals surface area contributed by atoms with Crippen LogP contribution in [0.5, 0.6) is 0 Å². The van der Waals surface area contributed by atoms with Gasteiger partial charge in [-0.2, -0.15) is 0 Å². The van der Waals surface area contributed by atoms with Gasteiger partial charge in [-0.1, -0.05) is 13.8 Å². The van der Waals surface area contributed by atoms with E-state index in [0.29, 0.717) is 18.0 Å². The van der Waals surface area contributed by atoms with Gasteiger partial charge in [0.15, 0.2) is 0 Å². The quantitative estimate of drug-likeness (QED) is 0.715. The molecule has 0 heterocycles. The van der Waals surface area contributed by atoms with Gasteiger partial charge in [-0.25, -0.2) is 4.79 Å². The van der Waals surface area contributed by atoms with Gasteiger partial charge in [-0.15, -0.1) is 0 Å². The van der Waals surface area contributed by atoms with Gasteiger partial charge in [0, 0.05) is 12.1 Å². The molecule has 0 fully saturated rings. The van der Waals surface area contributed by atoms with Crippen molar-refractivity contribution in [3.8, 4) is 0 Å². The fourth-order valence-electron chi connectivity index (χ4n) is 1.59. The number of benzene rings is 1. The summed E-state index contributed by atoms with van der Waals surface area (Å²) in [5, 5.41) is 13.9. The summed E-state index contributed by atoms with van der Waals surface area (Å²) in [6.07, 6.45) is 1.18. The molecule has 0 radical (unpaired) electrons. The second-order valence-corrected chi connectivity index (χ2v) is 5.14. The highest BCUT2D eigenvalue weighted by molar-refractivity contribution is 5.95. The van der Waals surface area contributed by atoms with Crippen molar-refractivity contribution in [1.82, 2.24) is 5.32 Å². The maximum atomic E-state index is 11.6. The minimum absolute atomic E-state index is 0.0996. The van der Waals surface area contributed by atoms with E-state index in [1.165, 1.54) is 24.3 Å². The van der Waals surface area contributed by atoms with Crippen LogP contribution in [0.15, 0.2) is 24.3 Å². The van der Waals surface area contributed by atoms with E-state index in [1.807, 2.05) is 13.8 Å². The lowest BCUT2D eigenvalue weighted by molar-refractivity contribution is -0.124. The van der Waals surface area contributed by atoms with Crippen molar-refractivity contribution in [3.05, 3.63) is 29.8 Å². The van der Waals surface area contributed by atoms with Crippen LogP contribution in [-0.4, -0.2) is 29.4 Å². The van der Waals surface area contributed by atoms with Crippen molar-refractivity contribution in [2.24, 2.45) is 5.92 Å². The number of carbonyl (C=O) groups excluding carboxylic acids is 2. The first-order valence-corrected chi connectivity index (χ1v) is 6.78. The van der Waals surface area contributed by atoms with E-state index in [0.717, 1.165) is 6.42 Å². The van der Waals surface area contributed by atoms with Gasteiger partial charge in [-0.3, -0.25) is 9.59 Å². The summed E-state index contributed by atoms with van der Waals surface area (Å²) in [5.41, 5.74) is 0.636. The number of amides is 2. The first-order chi connectivity index (χ1) is 9.88. The SMILES string of the molecule is CC(C)CCC(=O)NCC(=O)Nc1ccc(C(=O)O)cc1. The maximum Gasteiger partial charge on any atom is 0.335 e. The van der Waals surface area contributed by atoms with Gasteiger partial charge >= 0.3 is 5.97 Å². The molecule has 1 rings (SSSR count). The molecule has 0 atom stereocenters. The largest absolute Gasteiger partial charge is 0.478 e. The molecule has 3 N–H and O–H groups in total. The standard InChI is InChI=1S/C15H20N2O4/c1-10(2)3-8-13(18)16-9-14(19)17-12-6-4-11(5-7-12)15(20)21/h4-7,10H,3,8-9H2,1-2H3,(H,16,18)(H,17,19)(H,20,21). The predicted octanol–water partition coefficient (Wildman–Crippen LogP) is 1.88.